The third-order valence-corrected chi connectivity index (χ3v) is 2.38. The molecular weight excluding hydrogens is 122 g/mol. The van der Waals surface area contributed by atoms with Gasteiger partial charge in [-0.3, -0.25) is 0 Å². The van der Waals surface area contributed by atoms with Gasteiger partial charge in [-0.05, 0) is 18.8 Å². The SMILES string of the molecule is CCC(C)(C)/C(C)=C/CN. The van der Waals surface area contributed by atoms with E-state index in [0.717, 1.165) is 0 Å². The van der Waals surface area contributed by atoms with Crippen LogP contribution in [0.4, 0.5) is 0 Å². The second-order valence-corrected chi connectivity index (χ2v) is 3.36. The fourth-order valence-electron chi connectivity index (χ4n) is 0.732. The largest absolute Gasteiger partial charge is 0.327 e. The van der Waals surface area contributed by atoms with Crippen LogP contribution in [-0.2, 0) is 0 Å². The molecule has 0 spiro atoms. The van der Waals surface area contributed by atoms with Crippen LogP contribution in [-0.4, -0.2) is 6.54 Å². The van der Waals surface area contributed by atoms with Crippen molar-refractivity contribution in [2.45, 2.75) is 34.1 Å². The van der Waals surface area contributed by atoms with Gasteiger partial charge in [-0.1, -0.05) is 32.4 Å². The smallest absolute Gasteiger partial charge is 0.0109 e. The first-order chi connectivity index (χ1) is 4.54. The molecule has 0 bridgehead atoms. The van der Waals surface area contributed by atoms with Gasteiger partial charge in [-0.15, -0.1) is 0 Å². The number of nitrogens with two attached hydrogens (primary N) is 1. The van der Waals surface area contributed by atoms with Gasteiger partial charge in [0.25, 0.3) is 0 Å². The Morgan fingerprint density at radius 1 is 1.50 bits per heavy atom. The average Bonchev–Trinajstić information content (AvgIpc) is 1.89. The maximum absolute atomic E-state index is 5.40. The van der Waals surface area contributed by atoms with Crippen LogP contribution < -0.4 is 5.73 Å². The van der Waals surface area contributed by atoms with Crippen molar-refractivity contribution < 1.29 is 0 Å². The van der Waals surface area contributed by atoms with Gasteiger partial charge >= 0.3 is 0 Å². The topological polar surface area (TPSA) is 26.0 Å². The lowest BCUT2D eigenvalue weighted by molar-refractivity contribution is 0.428. The van der Waals surface area contributed by atoms with Crippen LogP contribution >= 0.6 is 0 Å². The van der Waals surface area contributed by atoms with Gasteiger partial charge < -0.3 is 5.73 Å². The summed E-state index contributed by atoms with van der Waals surface area (Å²) in [5.74, 6) is 0. The summed E-state index contributed by atoms with van der Waals surface area (Å²) < 4.78 is 0. The van der Waals surface area contributed by atoms with Crippen molar-refractivity contribution in [2.24, 2.45) is 11.1 Å². The molecule has 0 aliphatic rings. The first-order valence-electron chi connectivity index (χ1n) is 3.92. The van der Waals surface area contributed by atoms with Gasteiger partial charge in [0.2, 0.25) is 0 Å². The molecule has 0 radical (unpaired) electrons. The molecule has 0 aromatic carbocycles. The Labute approximate surface area is 64.3 Å². The molecule has 0 aliphatic carbocycles. The highest BCUT2D eigenvalue weighted by Gasteiger charge is 2.15. The monoisotopic (exact) mass is 141 g/mol. The molecule has 0 fully saturated rings. The van der Waals surface area contributed by atoms with Crippen molar-refractivity contribution in [1.82, 2.24) is 0 Å². The molecule has 0 aromatic heterocycles. The van der Waals surface area contributed by atoms with Crippen molar-refractivity contribution in [3.05, 3.63) is 11.6 Å². The van der Waals surface area contributed by atoms with Crippen LogP contribution in [0.1, 0.15) is 34.1 Å². The predicted molar refractivity (Wildman–Crippen MR) is 46.9 cm³/mol. The van der Waals surface area contributed by atoms with E-state index in [0.29, 0.717) is 12.0 Å². The first kappa shape index (κ1) is 9.70. The fraction of sp³-hybridized carbons (Fsp3) is 0.778. The van der Waals surface area contributed by atoms with Gasteiger partial charge in [0, 0.05) is 6.54 Å². The zero-order valence-corrected chi connectivity index (χ0v) is 7.57. The highest BCUT2D eigenvalue weighted by atomic mass is 14.5. The van der Waals surface area contributed by atoms with E-state index in [-0.39, 0.29) is 0 Å². The molecule has 0 heterocycles. The number of allylic oxidation sites excluding steroid dienone is 1. The number of rotatable bonds is 3. The Hall–Kier alpha value is -0.300. The van der Waals surface area contributed by atoms with E-state index in [4.69, 9.17) is 5.73 Å². The minimum Gasteiger partial charge on any atom is -0.327 e. The molecular formula is C9H19N. The molecule has 2 N–H and O–H groups in total. The zero-order chi connectivity index (χ0) is 8.20. The summed E-state index contributed by atoms with van der Waals surface area (Å²) >= 11 is 0. The van der Waals surface area contributed by atoms with Crippen molar-refractivity contribution in [1.29, 1.82) is 0 Å². The maximum Gasteiger partial charge on any atom is 0.0109 e. The van der Waals surface area contributed by atoms with Crippen molar-refractivity contribution in [3.63, 3.8) is 0 Å². The van der Waals surface area contributed by atoms with E-state index in [1.54, 1.807) is 0 Å². The normalized spacial score (nSPS) is 13.9. The summed E-state index contributed by atoms with van der Waals surface area (Å²) in [5, 5.41) is 0. The molecule has 0 atom stereocenters. The number of hydrogen-bond donors (Lipinski definition) is 1. The van der Waals surface area contributed by atoms with Crippen LogP contribution in [0.25, 0.3) is 0 Å². The van der Waals surface area contributed by atoms with Gasteiger partial charge in [0.1, 0.15) is 0 Å². The standard InChI is InChI=1S/C9H19N/c1-5-9(3,4)8(2)6-7-10/h6H,5,7,10H2,1-4H3/b8-6+. The highest BCUT2D eigenvalue weighted by Crippen LogP contribution is 2.28. The Morgan fingerprint density at radius 3 is 2.30 bits per heavy atom. The fourth-order valence-corrected chi connectivity index (χ4v) is 0.732. The second kappa shape index (κ2) is 3.77. The zero-order valence-electron chi connectivity index (χ0n) is 7.57. The molecule has 0 aliphatic heterocycles. The van der Waals surface area contributed by atoms with E-state index in [1.807, 2.05) is 0 Å². The van der Waals surface area contributed by atoms with Crippen LogP contribution in [0, 0.1) is 5.41 Å². The molecule has 0 rings (SSSR count). The van der Waals surface area contributed by atoms with E-state index in [9.17, 15) is 0 Å². The molecule has 1 nitrogen and oxygen atoms in total. The van der Waals surface area contributed by atoms with E-state index in [2.05, 4.69) is 33.8 Å². The van der Waals surface area contributed by atoms with Crippen LogP contribution in [0.15, 0.2) is 11.6 Å². The second-order valence-electron chi connectivity index (χ2n) is 3.36. The molecule has 0 saturated heterocycles. The molecule has 0 aromatic rings. The summed E-state index contributed by atoms with van der Waals surface area (Å²) in [4.78, 5) is 0. The molecule has 60 valence electrons. The van der Waals surface area contributed by atoms with Crippen LogP contribution in [0.2, 0.25) is 0 Å². The Kier molecular flexibility index (Phi) is 3.66. The van der Waals surface area contributed by atoms with Crippen LogP contribution in [0.3, 0.4) is 0 Å². The Bertz CT molecular complexity index is 123. The van der Waals surface area contributed by atoms with E-state index >= 15 is 0 Å². The maximum atomic E-state index is 5.40. The summed E-state index contributed by atoms with van der Waals surface area (Å²) in [6.45, 7) is 9.50. The van der Waals surface area contributed by atoms with Gasteiger partial charge in [0.05, 0.1) is 0 Å². The lowest BCUT2D eigenvalue weighted by Crippen LogP contribution is -2.12. The number of hydrogen-bond acceptors (Lipinski definition) is 1. The summed E-state index contributed by atoms with van der Waals surface area (Å²) in [6.07, 6.45) is 3.28. The lowest BCUT2D eigenvalue weighted by Gasteiger charge is -2.23. The third-order valence-electron chi connectivity index (χ3n) is 2.38. The minimum absolute atomic E-state index is 0.333. The van der Waals surface area contributed by atoms with Gasteiger partial charge in [-0.2, -0.15) is 0 Å². The summed E-state index contributed by atoms with van der Waals surface area (Å²) in [7, 11) is 0. The average molecular weight is 141 g/mol. The van der Waals surface area contributed by atoms with E-state index in [1.165, 1.54) is 12.0 Å². The third kappa shape index (κ3) is 2.53. The summed E-state index contributed by atoms with van der Waals surface area (Å²) in [5.41, 5.74) is 7.14. The predicted octanol–water partition coefficient (Wildman–Crippen LogP) is 2.33. The van der Waals surface area contributed by atoms with Crippen molar-refractivity contribution in [2.75, 3.05) is 6.54 Å². The Morgan fingerprint density at radius 2 is 2.00 bits per heavy atom. The van der Waals surface area contributed by atoms with Gasteiger partial charge in [0.15, 0.2) is 0 Å². The van der Waals surface area contributed by atoms with Gasteiger partial charge in [-0.25, -0.2) is 0 Å². The molecule has 0 amide bonds. The first-order valence-corrected chi connectivity index (χ1v) is 3.92. The molecule has 10 heavy (non-hydrogen) atoms. The lowest BCUT2D eigenvalue weighted by atomic mass is 9.82. The molecule has 0 saturated carbocycles. The Balaban J connectivity index is 4.17. The van der Waals surface area contributed by atoms with Crippen molar-refractivity contribution in [3.8, 4) is 0 Å². The molecule has 1 heteroatoms. The van der Waals surface area contributed by atoms with E-state index < -0.39 is 0 Å². The minimum atomic E-state index is 0.333. The van der Waals surface area contributed by atoms with Crippen LogP contribution in [0.5, 0.6) is 0 Å². The quantitative estimate of drug-likeness (QED) is 0.600. The molecule has 0 unspecified atom stereocenters. The van der Waals surface area contributed by atoms with Crippen molar-refractivity contribution >= 4 is 0 Å². The summed E-state index contributed by atoms with van der Waals surface area (Å²) in [6, 6.07) is 0. The highest BCUT2D eigenvalue weighted by molar-refractivity contribution is 5.08.